The summed E-state index contributed by atoms with van der Waals surface area (Å²) in [4.78, 5) is 13.6. The molecule has 0 spiro atoms. The van der Waals surface area contributed by atoms with Crippen molar-refractivity contribution >= 4 is 34.1 Å². The van der Waals surface area contributed by atoms with Crippen molar-refractivity contribution in [3.63, 3.8) is 0 Å². The summed E-state index contributed by atoms with van der Waals surface area (Å²) in [6.45, 7) is 0.514. The summed E-state index contributed by atoms with van der Waals surface area (Å²) >= 11 is 3.08. The molecule has 0 saturated heterocycles. The Morgan fingerprint density at radius 1 is 1.04 bits per heavy atom. The number of anilines is 1. The van der Waals surface area contributed by atoms with Crippen molar-refractivity contribution in [2.45, 2.75) is 24.2 Å². The Balaban J connectivity index is 1.48. The van der Waals surface area contributed by atoms with E-state index in [9.17, 15) is 4.79 Å². The molecular weight excluding hydrogens is 376 g/mol. The fourth-order valence-electron chi connectivity index (χ4n) is 2.63. The minimum absolute atomic E-state index is 0.0568. The second-order valence-corrected chi connectivity index (χ2v) is 8.20. The van der Waals surface area contributed by atoms with E-state index >= 15 is 0 Å². The summed E-state index contributed by atoms with van der Waals surface area (Å²) in [7, 11) is 0. The molecule has 0 aliphatic heterocycles. The Hall–Kier alpha value is -2.38. The second kappa shape index (κ2) is 10.1. The van der Waals surface area contributed by atoms with Crippen molar-refractivity contribution in [1.82, 2.24) is 15.5 Å². The van der Waals surface area contributed by atoms with Crippen LogP contribution in [-0.2, 0) is 12.8 Å². The van der Waals surface area contributed by atoms with Crippen LogP contribution in [0, 0.1) is 0 Å². The van der Waals surface area contributed by atoms with E-state index in [1.54, 1.807) is 11.8 Å². The smallest absolute Gasteiger partial charge is 0.252 e. The first-order chi connectivity index (χ1) is 13.2. The molecule has 0 atom stereocenters. The largest absolute Gasteiger partial charge is 0.374 e. The van der Waals surface area contributed by atoms with Gasteiger partial charge in [0.15, 0.2) is 0 Å². The molecule has 0 fully saturated rings. The van der Waals surface area contributed by atoms with Gasteiger partial charge in [0.05, 0.1) is 5.56 Å². The Bertz CT molecular complexity index is 867. The number of aryl methyl sites for hydroxylation is 1. The summed E-state index contributed by atoms with van der Waals surface area (Å²) in [5.74, 6) is 0.919. The van der Waals surface area contributed by atoms with Gasteiger partial charge in [0.25, 0.3) is 5.91 Å². The number of rotatable bonds is 9. The van der Waals surface area contributed by atoms with E-state index in [1.807, 2.05) is 30.3 Å². The molecule has 0 radical (unpaired) electrons. The minimum atomic E-state index is -0.0568. The molecule has 0 aliphatic rings. The van der Waals surface area contributed by atoms with Crippen LogP contribution in [-0.4, -0.2) is 28.4 Å². The molecule has 1 amide bonds. The highest BCUT2D eigenvalue weighted by molar-refractivity contribution is 7.99. The van der Waals surface area contributed by atoms with Crippen LogP contribution in [0.3, 0.4) is 0 Å². The highest BCUT2D eigenvalue weighted by atomic mass is 32.2. The molecule has 0 bridgehead atoms. The molecule has 1 aromatic heterocycles. The van der Waals surface area contributed by atoms with Crippen molar-refractivity contribution in [3.8, 4) is 0 Å². The predicted octanol–water partition coefficient (Wildman–Crippen LogP) is 3.82. The van der Waals surface area contributed by atoms with Crippen LogP contribution in [0.2, 0.25) is 0 Å². The van der Waals surface area contributed by atoms with Crippen LogP contribution in [0.15, 0.2) is 59.5 Å². The normalized spacial score (nSPS) is 10.7. The van der Waals surface area contributed by atoms with Crippen LogP contribution in [0.4, 0.5) is 5.13 Å². The number of nitrogens with zero attached hydrogens (tertiary/aromatic N) is 2. The Labute approximate surface area is 167 Å². The molecule has 0 aliphatic carbocycles. The number of carbonyl (C=O) groups excluding carboxylic acids is 1. The maximum atomic E-state index is 12.5. The van der Waals surface area contributed by atoms with Crippen molar-refractivity contribution in [1.29, 1.82) is 0 Å². The Morgan fingerprint density at radius 2 is 1.81 bits per heavy atom. The van der Waals surface area contributed by atoms with Crippen molar-refractivity contribution < 1.29 is 4.79 Å². The first kappa shape index (κ1) is 19.4. The molecule has 5 nitrogen and oxygen atoms in total. The average Bonchev–Trinajstić information content (AvgIpc) is 3.11. The van der Waals surface area contributed by atoms with Gasteiger partial charge in [-0.1, -0.05) is 53.8 Å². The van der Waals surface area contributed by atoms with Gasteiger partial charge in [-0.2, -0.15) is 0 Å². The zero-order valence-electron chi connectivity index (χ0n) is 14.9. The number of carbonyl (C=O) groups is 1. The molecule has 1 heterocycles. The molecule has 7 heteroatoms. The first-order valence-electron chi connectivity index (χ1n) is 8.84. The van der Waals surface area contributed by atoms with Gasteiger partial charge in [0.1, 0.15) is 5.01 Å². The van der Waals surface area contributed by atoms with Gasteiger partial charge in [0, 0.05) is 17.9 Å². The first-order valence-corrected chi connectivity index (χ1v) is 10.6. The van der Waals surface area contributed by atoms with Crippen molar-refractivity contribution in [2.24, 2.45) is 0 Å². The summed E-state index contributed by atoms with van der Waals surface area (Å²) in [5.41, 5.74) is 7.64. The lowest BCUT2D eigenvalue weighted by molar-refractivity contribution is 0.0951. The molecule has 2 aromatic carbocycles. The average molecular weight is 399 g/mol. The maximum absolute atomic E-state index is 12.5. The molecule has 27 heavy (non-hydrogen) atoms. The fourth-order valence-corrected chi connectivity index (χ4v) is 4.24. The van der Waals surface area contributed by atoms with Crippen LogP contribution in [0.5, 0.6) is 0 Å². The molecule has 3 N–H and O–H groups in total. The molecule has 3 rings (SSSR count). The van der Waals surface area contributed by atoms with Crippen LogP contribution in [0.1, 0.15) is 27.3 Å². The summed E-state index contributed by atoms with van der Waals surface area (Å²) < 4.78 is 0. The molecular formula is C20H22N4OS2. The Morgan fingerprint density at radius 3 is 2.59 bits per heavy atom. The van der Waals surface area contributed by atoms with E-state index in [1.165, 1.54) is 16.9 Å². The fraction of sp³-hybridized carbons (Fsp3) is 0.250. The van der Waals surface area contributed by atoms with E-state index in [-0.39, 0.29) is 5.91 Å². The number of hydrogen-bond donors (Lipinski definition) is 2. The van der Waals surface area contributed by atoms with Crippen molar-refractivity contribution in [3.05, 3.63) is 70.7 Å². The van der Waals surface area contributed by atoms with Gasteiger partial charge in [-0.3, -0.25) is 4.79 Å². The highest BCUT2D eigenvalue weighted by Gasteiger charge is 2.11. The zero-order chi connectivity index (χ0) is 18.9. The Kier molecular flexibility index (Phi) is 7.24. The minimum Gasteiger partial charge on any atom is -0.374 e. The van der Waals surface area contributed by atoms with Crippen LogP contribution in [0.25, 0.3) is 0 Å². The summed E-state index contributed by atoms with van der Waals surface area (Å²) in [6, 6.07) is 18.2. The molecule has 140 valence electrons. The molecule has 3 aromatic rings. The van der Waals surface area contributed by atoms with Gasteiger partial charge >= 0.3 is 0 Å². The lowest BCUT2D eigenvalue weighted by Gasteiger charge is -2.09. The second-order valence-electron chi connectivity index (χ2n) is 5.97. The standard InChI is InChI=1S/C20H22N4OS2/c21-20-24-23-18(27-20)12-13-22-19(25)16-10-4-5-11-17(16)26-14-6-9-15-7-2-1-3-8-15/h1-5,7-8,10-11H,6,9,12-14H2,(H2,21,24)(H,22,25). The number of nitrogen functional groups attached to an aromatic ring is 1. The number of aromatic nitrogens is 2. The van der Waals surface area contributed by atoms with E-state index < -0.39 is 0 Å². The summed E-state index contributed by atoms with van der Waals surface area (Å²) in [6.07, 6.45) is 2.75. The topological polar surface area (TPSA) is 80.9 Å². The predicted molar refractivity (Wildman–Crippen MR) is 112 cm³/mol. The van der Waals surface area contributed by atoms with Gasteiger partial charge in [-0.05, 0) is 36.3 Å². The number of nitrogens with one attached hydrogen (secondary N) is 1. The summed E-state index contributed by atoms with van der Waals surface area (Å²) in [5, 5.41) is 12.0. The number of benzene rings is 2. The van der Waals surface area contributed by atoms with E-state index in [0.717, 1.165) is 34.1 Å². The number of thioether (sulfide) groups is 1. The molecule has 0 unspecified atom stereocenters. The third kappa shape index (κ3) is 6.08. The lowest BCUT2D eigenvalue weighted by Crippen LogP contribution is -2.26. The third-order valence-corrected chi connectivity index (χ3v) is 5.92. The van der Waals surface area contributed by atoms with E-state index in [2.05, 4.69) is 39.8 Å². The maximum Gasteiger partial charge on any atom is 0.252 e. The number of amides is 1. The molecule has 0 saturated carbocycles. The van der Waals surface area contributed by atoms with Crippen LogP contribution >= 0.6 is 23.1 Å². The quantitative estimate of drug-likeness (QED) is 0.423. The zero-order valence-corrected chi connectivity index (χ0v) is 16.6. The number of hydrogen-bond acceptors (Lipinski definition) is 6. The van der Waals surface area contributed by atoms with Gasteiger partial charge in [0.2, 0.25) is 5.13 Å². The third-order valence-electron chi connectivity index (χ3n) is 3.95. The lowest BCUT2D eigenvalue weighted by atomic mass is 10.1. The monoisotopic (exact) mass is 398 g/mol. The van der Waals surface area contributed by atoms with Gasteiger partial charge in [-0.15, -0.1) is 22.0 Å². The van der Waals surface area contributed by atoms with Gasteiger partial charge in [-0.25, -0.2) is 0 Å². The van der Waals surface area contributed by atoms with E-state index in [4.69, 9.17) is 5.73 Å². The van der Waals surface area contributed by atoms with Gasteiger partial charge < -0.3 is 11.1 Å². The van der Waals surface area contributed by atoms with Crippen molar-refractivity contribution in [2.75, 3.05) is 18.0 Å². The number of nitrogens with two attached hydrogens (primary N) is 1. The van der Waals surface area contributed by atoms with Crippen LogP contribution < -0.4 is 11.1 Å². The SMILES string of the molecule is Nc1nnc(CCNC(=O)c2ccccc2SCCCc2ccccc2)s1. The highest BCUT2D eigenvalue weighted by Crippen LogP contribution is 2.24. The van der Waals surface area contributed by atoms with E-state index in [0.29, 0.717) is 18.1 Å².